The fourth-order valence-electron chi connectivity index (χ4n) is 3.54. The Labute approximate surface area is 166 Å². The van der Waals surface area contributed by atoms with Crippen LogP contribution in [0.3, 0.4) is 0 Å². The number of benzene rings is 2. The first kappa shape index (κ1) is 19.9. The van der Waals surface area contributed by atoms with Gasteiger partial charge in [-0.1, -0.05) is 48.5 Å². The van der Waals surface area contributed by atoms with Crippen LogP contribution >= 0.6 is 0 Å². The van der Waals surface area contributed by atoms with E-state index in [9.17, 15) is 9.59 Å². The maximum atomic E-state index is 12.9. The van der Waals surface area contributed by atoms with E-state index in [0.717, 1.165) is 5.56 Å². The first-order valence-corrected chi connectivity index (χ1v) is 9.95. The smallest absolute Gasteiger partial charge is 0.260 e. The molecule has 2 aromatic carbocycles. The Hall–Kier alpha value is -2.82. The molecule has 0 spiro atoms. The van der Waals surface area contributed by atoms with Gasteiger partial charge in [-0.05, 0) is 37.5 Å². The van der Waals surface area contributed by atoms with Gasteiger partial charge in [-0.25, -0.2) is 0 Å². The molecule has 0 unspecified atom stereocenters. The molecule has 0 atom stereocenters. The van der Waals surface area contributed by atoms with Crippen LogP contribution in [0, 0.1) is 5.92 Å². The van der Waals surface area contributed by atoms with Crippen molar-refractivity contribution in [2.75, 3.05) is 26.2 Å². The summed E-state index contributed by atoms with van der Waals surface area (Å²) in [5, 5.41) is 0. The van der Waals surface area contributed by atoms with Crippen LogP contribution < -0.4 is 4.74 Å². The molecule has 2 amide bonds. The Kier molecular flexibility index (Phi) is 7.06. The van der Waals surface area contributed by atoms with Crippen molar-refractivity contribution in [1.82, 2.24) is 9.80 Å². The van der Waals surface area contributed by atoms with Crippen LogP contribution in [0.5, 0.6) is 5.75 Å². The highest BCUT2D eigenvalue weighted by molar-refractivity contribution is 5.80. The van der Waals surface area contributed by atoms with E-state index in [-0.39, 0.29) is 24.3 Å². The van der Waals surface area contributed by atoms with Gasteiger partial charge in [-0.2, -0.15) is 0 Å². The summed E-state index contributed by atoms with van der Waals surface area (Å²) in [4.78, 5) is 29.0. The molecule has 148 valence electrons. The maximum absolute atomic E-state index is 12.9. The molecule has 3 rings (SSSR count). The van der Waals surface area contributed by atoms with E-state index < -0.39 is 0 Å². The monoisotopic (exact) mass is 380 g/mol. The molecule has 1 aliphatic rings. The molecule has 5 heteroatoms. The summed E-state index contributed by atoms with van der Waals surface area (Å²) in [7, 11) is 0. The molecule has 5 nitrogen and oxygen atoms in total. The molecule has 0 N–H and O–H groups in total. The molecular formula is C23H28N2O3. The lowest BCUT2D eigenvalue weighted by molar-refractivity contribution is -0.141. The Morgan fingerprint density at radius 1 is 1.00 bits per heavy atom. The van der Waals surface area contributed by atoms with E-state index in [1.807, 2.05) is 72.5 Å². The zero-order chi connectivity index (χ0) is 19.8. The Morgan fingerprint density at radius 2 is 1.61 bits per heavy atom. The summed E-state index contributed by atoms with van der Waals surface area (Å²) in [5.41, 5.74) is 1.14. The van der Waals surface area contributed by atoms with Gasteiger partial charge in [-0.15, -0.1) is 0 Å². The summed E-state index contributed by atoms with van der Waals surface area (Å²) in [6, 6.07) is 19.4. The number of nitrogens with zero attached hydrogens (tertiary/aromatic N) is 2. The normalized spacial score (nSPS) is 14.5. The number of amides is 2. The fraction of sp³-hybridized carbons (Fsp3) is 0.391. The number of likely N-dealkylation sites (tertiary alicyclic amines) is 1. The predicted molar refractivity (Wildman–Crippen MR) is 109 cm³/mol. The molecule has 0 radical (unpaired) electrons. The number of para-hydroxylation sites is 1. The third-order valence-corrected chi connectivity index (χ3v) is 5.21. The molecule has 1 heterocycles. The summed E-state index contributed by atoms with van der Waals surface area (Å²) in [5.74, 6) is 0.855. The zero-order valence-electron chi connectivity index (χ0n) is 16.4. The minimum atomic E-state index is -0.0219. The average molecular weight is 380 g/mol. The minimum Gasteiger partial charge on any atom is -0.484 e. The highest BCUT2D eigenvalue weighted by atomic mass is 16.5. The highest BCUT2D eigenvalue weighted by Gasteiger charge is 2.29. The van der Waals surface area contributed by atoms with Gasteiger partial charge in [0, 0.05) is 32.1 Å². The quantitative estimate of drug-likeness (QED) is 0.740. The van der Waals surface area contributed by atoms with Crippen LogP contribution in [0.4, 0.5) is 0 Å². The van der Waals surface area contributed by atoms with Crippen molar-refractivity contribution < 1.29 is 14.3 Å². The van der Waals surface area contributed by atoms with Gasteiger partial charge < -0.3 is 14.5 Å². The Balaban J connectivity index is 1.47. The molecule has 1 fully saturated rings. The van der Waals surface area contributed by atoms with Gasteiger partial charge in [0.1, 0.15) is 5.75 Å². The highest BCUT2D eigenvalue weighted by Crippen LogP contribution is 2.21. The third-order valence-electron chi connectivity index (χ3n) is 5.21. The molecule has 2 aromatic rings. The summed E-state index contributed by atoms with van der Waals surface area (Å²) in [6.45, 7) is 4.60. The van der Waals surface area contributed by atoms with Crippen LogP contribution in [0.15, 0.2) is 60.7 Å². The number of rotatable bonds is 7. The Bertz CT molecular complexity index is 756. The first-order chi connectivity index (χ1) is 13.7. The number of hydrogen-bond acceptors (Lipinski definition) is 3. The Morgan fingerprint density at radius 3 is 2.21 bits per heavy atom. The van der Waals surface area contributed by atoms with Crippen molar-refractivity contribution in [3.05, 3.63) is 66.2 Å². The van der Waals surface area contributed by atoms with E-state index in [4.69, 9.17) is 4.74 Å². The lowest BCUT2D eigenvalue weighted by Gasteiger charge is -2.34. The van der Waals surface area contributed by atoms with Gasteiger partial charge >= 0.3 is 0 Å². The molecule has 1 saturated heterocycles. The number of ether oxygens (including phenoxy) is 1. The van der Waals surface area contributed by atoms with Crippen LogP contribution in [-0.2, 0) is 16.1 Å². The van der Waals surface area contributed by atoms with E-state index in [1.165, 1.54) is 0 Å². The van der Waals surface area contributed by atoms with Crippen LogP contribution in [-0.4, -0.2) is 47.9 Å². The second-order valence-electron chi connectivity index (χ2n) is 7.09. The number of carbonyl (C=O) groups excluding carboxylic acids is 2. The van der Waals surface area contributed by atoms with Crippen molar-refractivity contribution in [3.63, 3.8) is 0 Å². The molecule has 0 bridgehead atoms. The van der Waals surface area contributed by atoms with E-state index in [1.54, 1.807) is 4.90 Å². The second kappa shape index (κ2) is 9.93. The SMILES string of the molecule is CCN(Cc1ccccc1)C(=O)C1CCN(C(=O)COc2ccccc2)CC1. The van der Waals surface area contributed by atoms with E-state index in [2.05, 4.69) is 0 Å². The molecular weight excluding hydrogens is 352 g/mol. The summed E-state index contributed by atoms with van der Waals surface area (Å²) in [6.07, 6.45) is 1.42. The van der Waals surface area contributed by atoms with Gasteiger partial charge in [0.15, 0.2) is 6.61 Å². The number of piperidine rings is 1. The summed E-state index contributed by atoms with van der Waals surface area (Å²) < 4.78 is 5.55. The van der Waals surface area contributed by atoms with Gasteiger partial charge in [-0.3, -0.25) is 9.59 Å². The van der Waals surface area contributed by atoms with Crippen molar-refractivity contribution in [3.8, 4) is 5.75 Å². The van der Waals surface area contributed by atoms with Crippen LogP contribution in [0.1, 0.15) is 25.3 Å². The number of hydrogen-bond donors (Lipinski definition) is 0. The first-order valence-electron chi connectivity index (χ1n) is 9.95. The second-order valence-corrected chi connectivity index (χ2v) is 7.09. The molecule has 0 aliphatic carbocycles. The molecule has 28 heavy (non-hydrogen) atoms. The topological polar surface area (TPSA) is 49.9 Å². The molecule has 1 aliphatic heterocycles. The standard InChI is InChI=1S/C23H28N2O3/c1-2-24(17-19-9-5-3-6-10-19)23(27)20-13-15-25(16-14-20)22(26)18-28-21-11-7-4-8-12-21/h3-12,20H,2,13-18H2,1H3. The summed E-state index contributed by atoms with van der Waals surface area (Å²) >= 11 is 0. The fourth-order valence-corrected chi connectivity index (χ4v) is 3.54. The van der Waals surface area contributed by atoms with Crippen LogP contribution in [0.25, 0.3) is 0 Å². The lowest BCUT2D eigenvalue weighted by atomic mass is 9.95. The molecule has 0 saturated carbocycles. The third kappa shape index (κ3) is 5.35. The minimum absolute atomic E-state index is 0.0113. The predicted octanol–water partition coefficient (Wildman–Crippen LogP) is 3.35. The van der Waals surface area contributed by atoms with Crippen molar-refractivity contribution in [2.45, 2.75) is 26.3 Å². The average Bonchev–Trinajstić information content (AvgIpc) is 2.77. The van der Waals surface area contributed by atoms with Gasteiger partial charge in [0.25, 0.3) is 5.91 Å². The van der Waals surface area contributed by atoms with Gasteiger partial charge in [0.05, 0.1) is 0 Å². The lowest BCUT2D eigenvalue weighted by Crippen LogP contribution is -2.45. The largest absolute Gasteiger partial charge is 0.484 e. The van der Waals surface area contributed by atoms with Crippen LogP contribution in [0.2, 0.25) is 0 Å². The zero-order valence-corrected chi connectivity index (χ0v) is 16.4. The van der Waals surface area contributed by atoms with Crippen molar-refractivity contribution >= 4 is 11.8 Å². The van der Waals surface area contributed by atoms with Gasteiger partial charge in [0.2, 0.25) is 5.91 Å². The number of carbonyl (C=O) groups is 2. The van der Waals surface area contributed by atoms with Crippen molar-refractivity contribution in [2.24, 2.45) is 5.92 Å². The van der Waals surface area contributed by atoms with E-state index >= 15 is 0 Å². The molecule has 0 aromatic heterocycles. The maximum Gasteiger partial charge on any atom is 0.260 e. The van der Waals surface area contributed by atoms with E-state index in [0.29, 0.717) is 44.8 Å². The van der Waals surface area contributed by atoms with Crippen molar-refractivity contribution in [1.29, 1.82) is 0 Å².